The minimum atomic E-state index is 0.245. The highest BCUT2D eigenvalue weighted by Gasteiger charge is 1.90. The zero-order chi connectivity index (χ0) is 17.5. The average Bonchev–Trinajstić information content (AvgIpc) is 2.58. The number of hydrogen-bond donors (Lipinski definition) is 1. The number of ether oxygens (including phenoxy) is 1. The third-order valence-corrected chi connectivity index (χ3v) is 3.08. The molecular weight excluding hydrogens is 399 g/mol. The largest absolute Gasteiger partial charge is 0.508 e. The van der Waals surface area contributed by atoms with E-state index in [4.69, 9.17) is 33.0 Å². The average molecular weight is 418 g/mol. The van der Waals surface area contributed by atoms with E-state index >= 15 is 0 Å². The van der Waals surface area contributed by atoms with Crippen molar-refractivity contribution in [3.05, 3.63) is 83.9 Å². The topological polar surface area (TPSA) is 29.5 Å². The van der Waals surface area contributed by atoms with Crippen molar-refractivity contribution >= 4 is 39.1 Å². The van der Waals surface area contributed by atoms with Gasteiger partial charge in [-0.15, -0.1) is 6.58 Å². The molecule has 124 valence electrons. The Morgan fingerprint density at radius 1 is 0.913 bits per heavy atom. The number of allylic oxidation sites excluding steroid dienone is 1. The first-order valence-corrected chi connectivity index (χ1v) is 8.51. The monoisotopic (exact) mass is 416 g/mol. The van der Waals surface area contributed by atoms with E-state index < -0.39 is 0 Å². The van der Waals surface area contributed by atoms with Crippen LogP contribution in [0.15, 0.2) is 73.8 Å². The lowest BCUT2D eigenvalue weighted by Gasteiger charge is -2.01. The van der Waals surface area contributed by atoms with Gasteiger partial charge in [-0.05, 0) is 48.5 Å². The molecule has 0 saturated carbocycles. The van der Waals surface area contributed by atoms with E-state index in [0.717, 1.165) is 16.1 Å². The molecule has 0 aliphatic rings. The summed E-state index contributed by atoms with van der Waals surface area (Å²) in [5.41, 5.74) is 0. The van der Waals surface area contributed by atoms with Gasteiger partial charge < -0.3 is 9.84 Å². The first-order valence-electron chi connectivity index (χ1n) is 6.64. The van der Waals surface area contributed by atoms with E-state index in [1.54, 1.807) is 48.6 Å². The van der Waals surface area contributed by atoms with Gasteiger partial charge in [-0.3, -0.25) is 0 Å². The van der Waals surface area contributed by atoms with Crippen molar-refractivity contribution < 1.29 is 9.84 Å². The smallest absolute Gasteiger partial charge is 0.119 e. The SMILES string of the molecule is C=CCBr.C=CCOc1ccc(Cl)cc1.Oc1ccc(Cl)cc1. The molecule has 23 heavy (non-hydrogen) atoms. The van der Waals surface area contributed by atoms with Crippen LogP contribution >= 0.6 is 39.1 Å². The number of hydrogen-bond acceptors (Lipinski definition) is 2. The van der Waals surface area contributed by atoms with Crippen LogP contribution in [-0.4, -0.2) is 17.0 Å². The Morgan fingerprint density at radius 2 is 1.35 bits per heavy atom. The molecule has 2 aromatic carbocycles. The fraction of sp³-hybridized carbons (Fsp3) is 0.111. The minimum Gasteiger partial charge on any atom is -0.508 e. The molecule has 0 aliphatic heterocycles. The van der Waals surface area contributed by atoms with Crippen molar-refractivity contribution in [2.24, 2.45) is 0 Å². The van der Waals surface area contributed by atoms with Crippen LogP contribution in [0.1, 0.15) is 0 Å². The molecule has 0 bridgehead atoms. The third kappa shape index (κ3) is 12.8. The molecule has 0 saturated heterocycles. The molecule has 0 unspecified atom stereocenters. The van der Waals surface area contributed by atoms with Crippen LogP contribution in [0.2, 0.25) is 10.0 Å². The van der Waals surface area contributed by atoms with Crippen LogP contribution in [-0.2, 0) is 0 Å². The molecule has 0 heterocycles. The summed E-state index contributed by atoms with van der Waals surface area (Å²) in [6.07, 6.45) is 3.49. The van der Waals surface area contributed by atoms with Gasteiger partial charge in [0.15, 0.2) is 0 Å². The van der Waals surface area contributed by atoms with Gasteiger partial charge in [0.1, 0.15) is 18.1 Å². The standard InChI is InChI=1S/C9H9ClO.C6H5ClO.C3H5Br/c1-2-7-11-9-5-3-8(10)4-6-9;7-5-1-3-6(8)4-2-5;1-2-3-4/h2-6H,1,7H2;1-4,8H;2H,1,3H2. The Bertz CT molecular complexity index is 533. The van der Waals surface area contributed by atoms with Gasteiger partial charge in [-0.25, -0.2) is 0 Å². The minimum absolute atomic E-state index is 0.245. The summed E-state index contributed by atoms with van der Waals surface area (Å²) in [7, 11) is 0. The van der Waals surface area contributed by atoms with Gasteiger partial charge in [-0.1, -0.05) is 57.9 Å². The lowest BCUT2D eigenvalue weighted by atomic mass is 10.3. The second-order valence-electron chi connectivity index (χ2n) is 3.97. The predicted molar refractivity (Wildman–Crippen MR) is 104 cm³/mol. The summed E-state index contributed by atoms with van der Waals surface area (Å²) >= 11 is 14.3. The Balaban J connectivity index is 0.000000354. The van der Waals surface area contributed by atoms with Gasteiger partial charge in [0.25, 0.3) is 0 Å². The molecule has 1 N–H and O–H groups in total. The van der Waals surface area contributed by atoms with E-state index in [0.29, 0.717) is 11.6 Å². The summed E-state index contributed by atoms with van der Waals surface area (Å²) < 4.78 is 5.23. The summed E-state index contributed by atoms with van der Waals surface area (Å²) in [5, 5.41) is 11.0. The molecule has 0 aromatic heterocycles. The second kappa shape index (κ2) is 14.2. The van der Waals surface area contributed by atoms with Crippen LogP contribution in [0.5, 0.6) is 11.5 Å². The maximum absolute atomic E-state index is 8.70. The van der Waals surface area contributed by atoms with Crippen LogP contribution in [0.25, 0.3) is 0 Å². The molecule has 0 aliphatic carbocycles. The highest BCUT2D eigenvalue weighted by Crippen LogP contribution is 2.15. The Kier molecular flexibility index (Phi) is 13.3. The maximum atomic E-state index is 8.70. The van der Waals surface area contributed by atoms with Crippen molar-refractivity contribution in [3.8, 4) is 11.5 Å². The lowest BCUT2D eigenvalue weighted by Crippen LogP contribution is -1.91. The first kappa shape index (κ1) is 21.6. The number of rotatable bonds is 4. The molecule has 0 radical (unpaired) electrons. The molecule has 0 spiro atoms. The Hall–Kier alpha value is -1.42. The first-order chi connectivity index (χ1) is 11.0. The molecule has 2 aromatic rings. The van der Waals surface area contributed by atoms with Crippen molar-refractivity contribution in [1.29, 1.82) is 0 Å². The van der Waals surface area contributed by atoms with Crippen molar-refractivity contribution in [2.45, 2.75) is 0 Å². The highest BCUT2D eigenvalue weighted by atomic mass is 79.9. The van der Waals surface area contributed by atoms with E-state index in [-0.39, 0.29) is 5.75 Å². The molecule has 0 fully saturated rings. The number of benzene rings is 2. The summed E-state index contributed by atoms with van der Waals surface area (Å²) in [6.45, 7) is 7.50. The zero-order valence-corrected chi connectivity index (χ0v) is 15.7. The Labute approximate surface area is 156 Å². The van der Waals surface area contributed by atoms with Gasteiger partial charge in [0, 0.05) is 15.4 Å². The molecule has 0 atom stereocenters. The summed E-state index contributed by atoms with van der Waals surface area (Å²) in [5.74, 6) is 1.06. The Morgan fingerprint density at radius 3 is 1.70 bits per heavy atom. The maximum Gasteiger partial charge on any atom is 0.119 e. The highest BCUT2D eigenvalue weighted by molar-refractivity contribution is 9.09. The molecule has 5 heteroatoms. The second-order valence-corrected chi connectivity index (χ2v) is 5.49. The normalized spacial score (nSPS) is 8.65. The van der Waals surface area contributed by atoms with E-state index in [9.17, 15) is 0 Å². The van der Waals surface area contributed by atoms with E-state index in [2.05, 4.69) is 29.1 Å². The molecule has 2 nitrogen and oxygen atoms in total. The molecule has 2 rings (SSSR count). The van der Waals surface area contributed by atoms with Gasteiger partial charge in [0.2, 0.25) is 0 Å². The summed E-state index contributed by atoms with van der Waals surface area (Å²) in [6, 6.07) is 13.6. The number of alkyl halides is 1. The summed E-state index contributed by atoms with van der Waals surface area (Å²) in [4.78, 5) is 0. The fourth-order valence-corrected chi connectivity index (χ4v) is 1.38. The van der Waals surface area contributed by atoms with Crippen LogP contribution in [0.4, 0.5) is 0 Å². The number of phenols is 1. The lowest BCUT2D eigenvalue weighted by molar-refractivity contribution is 0.363. The van der Waals surface area contributed by atoms with Gasteiger partial charge in [-0.2, -0.15) is 0 Å². The molecule has 0 amide bonds. The third-order valence-electron chi connectivity index (χ3n) is 2.12. The van der Waals surface area contributed by atoms with Crippen molar-refractivity contribution in [2.75, 3.05) is 11.9 Å². The number of aromatic hydroxyl groups is 1. The fourth-order valence-electron chi connectivity index (χ4n) is 1.13. The van der Waals surface area contributed by atoms with E-state index in [1.165, 1.54) is 0 Å². The molecular formula is C18H19BrCl2O2. The predicted octanol–water partition coefficient (Wildman–Crippen LogP) is 6.52. The van der Waals surface area contributed by atoms with Crippen molar-refractivity contribution in [3.63, 3.8) is 0 Å². The number of halogens is 3. The van der Waals surface area contributed by atoms with Crippen molar-refractivity contribution in [1.82, 2.24) is 0 Å². The van der Waals surface area contributed by atoms with Gasteiger partial charge in [0.05, 0.1) is 0 Å². The van der Waals surface area contributed by atoms with E-state index in [1.807, 2.05) is 12.1 Å². The zero-order valence-electron chi connectivity index (χ0n) is 12.6. The van der Waals surface area contributed by atoms with Crippen LogP contribution < -0.4 is 4.74 Å². The van der Waals surface area contributed by atoms with Gasteiger partial charge >= 0.3 is 0 Å². The van der Waals surface area contributed by atoms with Crippen LogP contribution in [0, 0.1) is 0 Å². The number of phenolic OH excluding ortho intramolecular Hbond substituents is 1. The quantitative estimate of drug-likeness (QED) is 0.453. The van der Waals surface area contributed by atoms with Crippen LogP contribution in [0.3, 0.4) is 0 Å².